The van der Waals surface area contributed by atoms with Crippen LogP contribution in [0.1, 0.15) is 12.5 Å². The van der Waals surface area contributed by atoms with Gasteiger partial charge in [0.25, 0.3) is 5.91 Å². The minimum atomic E-state index is -0.545. The van der Waals surface area contributed by atoms with Gasteiger partial charge in [0.1, 0.15) is 5.75 Å². The van der Waals surface area contributed by atoms with Crippen molar-refractivity contribution in [3.8, 4) is 11.8 Å². The maximum Gasteiger partial charge on any atom is 0.263 e. The number of rotatable bonds is 4. The van der Waals surface area contributed by atoms with Crippen LogP contribution < -0.4 is 9.64 Å². The third-order valence-corrected chi connectivity index (χ3v) is 4.36. The minimum Gasteiger partial charge on any atom is -0.481 e. The van der Waals surface area contributed by atoms with Crippen LogP contribution in [0, 0.1) is 11.3 Å². The Morgan fingerprint density at radius 1 is 1.04 bits per heavy atom. The maximum absolute atomic E-state index is 12.6. The molecule has 0 radical (unpaired) electrons. The van der Waals surface area contributed by atoms with E-state index in [-0.39, 0.29) is 5.91 Å². The lowest BCUT2D eigenvalue weighted by atomic mass is 10.2. The van der Waals surface area contributed by atoms with Crippen LogP contribution in [0.15, 0.2) is 54.6 Å². The summed E-state index contributed by atoms with van der Waals surface area (Å²) in [6, 6.07) is 19.1. The Morgan fingerprint density at radius 3 is 2.28 bits per heavy atom. The Kier molecular flexibility index (Phi) is 5.20. The molecule has 0 aliphatic carbocycles. The van der Waals surface area contributed by atoms with Crippen LogP contribution in [0.25, 0.3) is 0 Å². The number of amides is 1. The number of ether oxygens (including phenoxy) is 1. The summed E-state index contributed by atoms with van der Waals surface area (Å²) in [4.78, 5) is 16.7. The molecule has 1 aliphatic rings. The van der Waals surface area contributed by atoms with Crippen LogP contribution >= 0.6 is 0 Å². The van der Waals surface area contributed by atoms with Gasteiger partial charge in [-0.1, -0.05) is 18.2 Å². The van der Waals surface area contributed by atoms with Gasteiger partial charge < -0.3 is 14.5 Å². The van der Waals surface area contributed by atoms with Crippen LogP contribution in [-0.4, -0.2) is 43.1 Å². The average Bonchev–Trinajstić information content (AvgIpc) is 2.69. The van der Waals surface area contributed by atoms with Crippen molar-refractivity contribution in [1.82, 2.24) is 4.90 Å². The predicted molar refractivity (Wildman–Crippen MR) is 96.5 cm³/mol. The topological polar surface area (TPSA) is 56.6 Å². The van der Waals surface area contributed by atoms with Crippen molar-refractivity contribution >= 4 is 11.6 Å². The van der Waals surface area contributed by atoms with Crippen molar-refractivity contribution in [2.45, 2.75) is 13.0 Å². The van der Waals surface area contributed by atoms with Crippen molar-refractivity contribution in [2.24, 2.45) is 0 Å². The number of hydrogen-bond acceptors (Lipinski definition) is 4. The lowest BCUT2D eigenvalue weighted by Gasteiger charge is -2.37. The van der Waals surface area contributed by atoms with E-state index in [1.807, 2.05) is 23.1 Å². The van der Waals surface area contributed by atoms with E-state index in [2.05, 4.69) is 23.1 Å². The molecule has 25 heavy (non-hydrogen) atoms. The lowest BCUT2D eigenvalue weighted by Crippen LogP contribution is -2.52. The lowest BCUT2D eigenvalue weighted by molar-refractivity contribution is -0.138. The second kappa shape index (κ2) is 7.71. The molecule has 0 N–H and O–H groups in total. The molecule has 1 unspecified atom stereocenters. The quantitative estimate of drug-likeness (QED) is 0.862. The molecule has 128 valence electrons. The second-order valence-electron chi connectivity index (χ2n) is 6.04. The zero-order valence-electron chi connectivity index (χ0n) is 14.3. The standard InChI is InChI=1S/C20H21N3O2/c1-16(25-19-9-7-17(15-21)8-10-19)20(24)23-13-11-22(12-14-23)18-5-3-2-4-6-18/h2-10,16H,11-14H2,1H3. The minimum absolute atomic E-state index is 0.00271. The molecule has 0 spiro atoms. The van der Waals surface area contributed by atoms with E-state index in [0.717, 1.165) is 13.1 Å². The zero-order chi connectivity index (χ0) is 17.6. The van der Waals surface area contributed by atoms with E-state index < -0.39 is 6.10 Å². The highest BCUT2D eigenvalue weighted by Gasteiger charge is 2.26. The summed E-state index contributed by atoms with van der Waals surface area (Å²) >= 11 is 0. The highest BCUT2D eigenvalue weighted by Crippen LogP contribution is 2.18. The molecule has 5 nitrogen and oxygen atoms in total. The van der Waals surface area contributed by atoms with Gasteiger partial charge in [-0.25, -0.2) is 0 Å². The molecule has 1 heterocycles. The summed E-state index contributed by atoms with van der Waals surface area (Å²) in [6.07, 6.45) is -0.545. The fraction of sp³-hybridized carbons (Fsp3) is 0.300. The van der Waals surface area contributed by atoms with Gasteiger partial charge in [0.2, 0.25) is 0 Å². The summed E-state index contributed by atoms with van der Waals surface area (Å²) in [5.74, 6) is 0.597. The number of carbonyl (C=O) groups is 1. The van der Waals surface area contributed by atoms with Crippen LogP contribution in [-0.2, 0) is 4.79 Å². The highest BCUT2D eigenvalue weighted by molar-refractivity contribution is 5.81. The first-order valence-corrected chi connectivity index (χ1v) is 8.43. The van der Waals surface area contributed by atoms with Crippen LogP contribution in [0.4, 0.5) is 5.69 Å². The monoisotopic (exact) mass is 335 g/mol. The van der Waals surface area contributed by atoms with Crippen molar-refractivity contribution in [1.29, 1.82) is 5.26 Å². The summed E-state index contributed by atoms with van der Waals surface area (Å²) in [5.41, 5.74) is 1.76. The first kappa shape index (κ1) is 16.8. The Labute approximate surface area is 148 Å². The third kappa shape index (κ3) is 4.10. The fourth-order valence-corrected chi connectivity index (χ4v) is 2.94. The van der Waals surface area contributed by atoms with E-state index in [1.54, 1.807) is 31.2 Å². The van der Waals surface area contributed by atoms with Gasteiger partial charge in [0.15, 0.2) is 6.10 Å². The molecule has 1 fully saturated rings. The number of para-hydroxylation sites is 1. The summed E-state index contributed by atoms with van der Waals surface area (Å²) in [5, 5.41) is 8.82. The second-order valence-corrected chi connectivity index (χ2v) is 6.04. The molecular formula is C20H21N3O2. The summed E-state index contributed by atoms with van der Waals surface area (Å²) in [6.45, 7) is 4.78. The van der Waals surface area contributed by atoms with Gasteiger partial charge in [-0.2, -0.15) is 5.26 Å². The Balaban J connectivity index is 1.54. The smallest absolute Gasteiger partial charge is 0.263 e. The molecular weight excluding hydrogens is 314 g/mol. The number of hydrogen-bond donors (Lipinski definition) is 0. The molecule has 0 aromatic heterocycles. The molecule has 1 atom stereocenters. The van der Waals surface area contributed by atoms with E-state index in [9.17, 15) is 4.79 Å². The summed E-state index contributed by atoms with van der Waals surface area (Å²) in [7, 11) is 0. The van der Waals surface area contributed by atoms with E-state index in [0.29, 0.717) is 24.4 Å². The first-order valence-electron chi connectivity index (χ1n) is 8.43. The van der Waals surface area contributed by atoms with Gasteiger partial charge >= 0.3 is 0 Å². The van der Waals surface area contributed by atoms with Gasteiger partial charge in [0.05, 0.1) is 11.6 Å². The van der Waals surface area contributed by atoms with Crippen molar-refractivity contribution < 1.29 is 9.53 Å². The fourth-order valence-electron chi connectivity index (χ4n) is 2.94. The predicted octanol–water partition coefficient (Wildman–Crippen LogP) is 2.67. The van der Waals surface area contributed by atoms with E-state index in [1.165, 1.54) is 5.69 Å². The van der Waals surface area contributed by atoms with Gasteiger partial charge in [0, 0.05) is 31.9 Å². The van der Waals surface area contributed by atoms with E-state index in [4.69, 9.17) is 10.00 Å². The van der Waals surface area contributed by atoms with Gasteiger partial charge in [-0.15, -0.1) is 0 Å². The molecule has 1 saturated heterocycles. The number of carbonyl (C=O) groups excluding carboxylic acids is 1. The molecule has 0 saturated carbocycles. The van der Waals surface area contributed by atoms with E-state index >= 15 is 0 Å². The SMILES string of the molecule is CC(Oc1ccc(C#N)cc1)C(=O)N1CCN(c2ccccc2)CC1. The molecule has 2 aromatic carbocycles. The number of piperazine rings is 1. The molecule has 5 heteroatoms. The summed E-state index contributed by atoms with van der Waals surface area (Å²) < 4.78 is 5.73. The average molecular weight is 335 g/mol. The highest BCUT2D eigenvalue weighted by atomic mass is 16.5. The number of anilines is 1. The maximum atomic E-state index is 12.6. The number of nitrogens with zero attached hydrogens (tertiary/aromatic N) is 3. The molecule has 1 amide bonds. The van der Waals surface area contributed by atoms with Crippen molar-refractivity contribution in [3.05, 3.63) is 60.2 Å². The molecule has 1 aliphatic heterocycles. The van der Waals surface area contributed by atoms with Crippen molar-refractivity contribution in [3.63, 3.8) is 0 Å². The van der Waals surface area contributed by atoms with Crippen LogP contribution in [0.5, 0.6) is 5.75 Å². The van der Waals surface area contributed by atoms with Gasteiger partial charge in [-0.3, -0.25) is 4.79 Å². The Bertz CT molecular complexity index is 745. The normalized spacial score (nSPS) is 15.4. The molecule has 2 aromatic rings. The number of benzene rings is 2. The van der Waals surface area contributed by atoms with Crippen LogP contribution in [0.2, 0.25) is 0 Å². The molecule has 0 bridgehead atoms. The van der Waals surface area contributed by atoms with Crippen LogP contribution in [0.3, 0.4) is 0 Å². The number of nitriles is 1. The largest absolute Gasteiger partial charge is 0.481 e. The van der Waals surface area contributed by atoms with Crippen molar-refractivity contribution in [2.75, 3.05) is 31.1 Å². The Hall–Kier alpha value is -3.00. The third-order valence-electron chi connectivity index (χ3n) is 4.36. The molecule has 3 rings (SSSR count). The first-order chi connectivity index (χ1) is 12.2. The zero-order valence-corrected chi connectivity index (χ0v) is 14.3. The Morgan fingerprint density at radius 2 is 1.68 bits per heavy atom. The van der Waals surface area contributed by atoms with Gasteiger partial charge in [-0.05, 0) is 43.3 Å².